The number of piperidine rings is 1. The smallest absolute Gasteiger partial charge is 0.208 e. The number of nitrogens with one attached hydrogen (secondary N) is 1. The van der Waals surface area contributed by atoms with Crippen LogP contribution in [0.2, 0.25) is 0 Å². The van der Waals surface area contributed by atoms with Crippen molar-refractivity contribution in [2.24, 2.45) is 10.9 Å². The van der Waals surface area contributed by atoms with E-state index in [4.69, 9.17) is 9.41 Å². The average Bonchev–Trinajstić information content (AvgIpc) is 2.95. The summed E-state index contributed by atoms with van der Waals surface area (Å²) in [6, 6.07) is 0. The van der Waals surface area contributed by atoms with Gasteiger partial charge in [-0.05, 0) is 59.0 Å². The lowest BCUT2D eigenvalue weighted by Crippen LogP contribution is -2.40. The fourth-order valence-electron chi connectivity index (χ4n) is 3.31. The van der Waals surface area contributed by atoms with Gasteiger partial charge in [-0.2, -0.15) is 0 Å². The van der Waals surface area contributed by atoms with Crippen LogP contribution in [-0.2, 0) is 6.54 Å². The predicted molar refractivity (Wildman–Crippen MR) is 107 cm³/mol. The van der Waals surface area contributed by atoms with Crippen LogP contribution in [-0.4, -0.2) is 60.5 Å². The number of guanidine groups is 1. The van der Waals surface area contributed by atoms with Crippen LogP contribution in [0.25, 0.3) is 0 Å². The maximum atomic E-state index is 5.72. The normalized spacial score (nSPS) is 16.9. The molecule has 0 aliphatic carbocycles. The molecule has 2 heterocycles. The van der Waals surface area contributed by atoms with Gasteiger partial charge in [0.2, 0.25) is 5.89 Å². The van der Waals surface area contributed by atoms with Gasteiger partial charge in [-0.25, -0.2) is 4.98 Å². The van der Waals surface area contributed by atoms with E-state index >= 15 is 0 Å². The number of hydrogen-bond donors (Lipinski definition) is 1. The van der Waals surface area contributed by atoms with Crippen molar-refractivity contribution in [1.82, 2.24) is 20.1 Å². The fraction of sp³-hybridized carbons (Fsp3) is 0.800. The van der Waals surface area contributed by atoms with Crippen LogP contribution in [0.5, 0.6) is 0 Å². The summed E-state index contributed by atoms with van der Waals surface area (Å²) in [6.07, 6.45) is 4.81. The first-order valence-corrected chi connectivity index (χ1v) is 10.2. The highest BCUT2D eigenvalue weighted by Gasteiger charge is 2.21. The first-order valence-electron chi connectivity index (χ1n) is 10.2. The molecule has 1 fully saturated rings. The average molecular weight is 364 g/mol. The third-order valence-corrected chi connectivity index (χ3v) is 5.18. The molecule has 0 aromatic carbocycles. The van der Waals surface area contributed by atoms with Crippen molar-refractivity contribution in [3.8, 4) is 0 Å². The van der Waals surface area contributed by atoms with Gasteiger partial charge in [0.05, 0.1) is 12.2 Å². The van der Waals surface area contributed by atoms with Crippen LogP contribution in [0.15, 0.2) is 9.41 Å². The summed E-state index contributed by atoms with van der Waals surface area (Å²) in [6.45, 7) is 14.3. The van der Waals surface area contributed by atoms with Crippen molar-refractivity contribution in [1.29, 1.82) is 0 Å². The Bertz CT molecular complexity index is 541. The lowest BCUT2D eigenvalue weighted by Gasteiger charge is -2.30. The molecule has 6 nitrogen and oxygen atoms in total. The Hall–Kier alpha value is -1.56. The number of aromatic nitrogens is 1. The summed E-state index contributed by atoms with van der Waals surface area (Å²) in [7, 11) is 2.14. The second-order valence-electron chi connectivity index (χ2n) is 7.44. The molecular formula is C20H37N5O. The Morgan fingerprint density at radius 1 is 1.31 bits per heavy atom. The molecule has 2 rings (SSSR count). The van der Waals surface area contributed by atoms with Crippen LogP contribution < -0.4 is 5.32 Å². The van der Waals surface area contributed by atoms with Gasteiger partial charge in [-0.3, -0.25) is 9.89 Å². The van der Waals surface area contributed by atoms with E-state index in [2.05, 4.69) is 41.0 Å². The first kappa shape index (κ1) is 20.7. The molecule has 148 valence electrons. The monoisotopic (exact) mass is 363 g/mol. The summed E-state index contributed by atoms with van der Waals surface area (Å²) in [5.41, 5.74) is 1.01. The molecule has 0 radical (unpaired) electrons. The first-order chi connectivity index (χ1) is 12.5. The van der Waals surface area contributed by atoms with E-state index in [0.717, 1.165) is 62.6 Å². The Morgan fingerprint density at radius 2 is 2.04 bits per heavy atom. The second kappa shape index (κ2) is 10.6. The molecule has 26 heavy (non-hydrogen) atoms. The van der Waals surface area contributed by atoms with E-state index in [9.17, 15) is 0 Å². The minimum absolute atomic E-state index is 0.674. The van der Waals surface area contributed by atoms with Crippen LogP contribution >= 0.6 is 0 Å². The van der Waals surface area contributed by atoms with Gasteiger partial charge in [0.1, 0.15) is 5.76 Å². The van der Waals surface area contributed by atoms with E-state index < -0.39 is 0 Å². The van der Waals surface area contributed by atoms with Crippen molar-refractivity contribution in [3.05, 3.63) is 17.3 Å². The topological polar surface area (TPSA) is 56.9 Å². The van der Waals surface area contributed by atoms with Gasteiger partial charge >= 0.3 is 0 Å². The number of aliphatic imine (C=N–C) groups is 1. The number of hydrogen-bond acceptors (Lipinski definition) is 4. The molecule has 0 unspecified atom stereocenters. The lowest BCUT2D eigenvalue weighted by molar-refractivity contribution is 0.166. The molecule has 0 amide bonds. The molecule has 0 saturated carbocycles. The predicted octanol–water partition coefficient (Wildman–Crippen LogP) is 3.20. The fourth-order valence-corrected chi connectivity index (χ4v) is 3.31. The summed E-state index contributed by atoms with van der Waals surface area (Å²) in [5.74, 6) is 3.51. The van der Waals surface area contributed by atoms with Crippen LogP contribution in [0.3, 0.4) is 0 Å². The zero-order chi connectivity index (χ0) is 18.9. The van der Waals surface area contributed by atoms with Crippen molar-refractivity contribution < 1.29 is 4.42 Å². The van der Waals surface area contributed by atoms with Crippen molar-refractivity contribution in [3.63, 3.8) is 0 Å². The SMILES string of the molecule is CCCCN(C)C(=NCC1CCN(Cc2nc(C)c(C)o2)CC1)NCC. The number of nitrogens with zero attached hydrogens (tertiary/aromatic N) is 4. The quantitative estimate of drug-likeness (QED) is 0.568. The Morgan fingerprint density at radius 3 is 2.62 bits per heavy atom. The van der Waals surface area contributed by atoms with Gasteiger partial charge < -0.3 is 14.6 Å². The highest BCUT2D eigenvalue weighted by molar-refractivity contribution is 5.79. The molecule has 1 aliphatic rings. The van der Waals surface area contributed by atoms with Crippen LogP contribution in [0.1, 0.15) is 56.9 Å². The maximum Gasteiger partial charge on any atom is 0.208 e. The Labute approximate surface area is 159 Å². The number of oxazole rings is 1. The van der Waals surface area contributed by atoms with E-state index in [0.29, 0.717) is 5.92 Å². The van der Waals surface area contributed by atoms with Gasteiger partial charge in [-0.15, -0.1) is 0 Å². The van der Waals surface area contributed by atoms with Crippen molar-refractivity contribution in [2.75, 3.05) is 39.8 Å². The van der Waals surface area contributed by atoms with Gasteiger partial charge in [0.25, 0.3) is 0 Å². The summed E-state index contributed by atoms with van der Waals surface area (Å²) >= 11 is 0. The third kappa shape index (κ3) is 6.31. The van der Waals surface area contributed by atoms with Crippen LogP contribution in [0.4, 0.5) is 0 Å². The number of aryl methyl sites for hydroxylation is 2. The van der Waals surface area contributed by atoms with Crippen molar-refractivity contribution >= 4 is 5.96 Å². The number of unbranched alkanes of at least 4 members (excludes halogenated alkanes) is 1. The number of rotatable bonds is 8. The standard InChI is InChI=1S/C20H37N5O/c1-6-8-11-24(5)20(21-7-2)22-14-18-9-12-25(13-10-18)15-19-23-16(3)17(4)26-19/h18H,6-15H2,1-5H3,(H,21,22). The van der Waals surface area contributed by atoms with E-state index in [-0.39, 0.29) is 0 Å². The molecule has 1 aliphatic heterocycles. The summed E-state index contributed by atoms with van der Waals surface area (Å²) in [5, 5.41) is 3.42. The van der Waals surface area contributed by atoms with Gasteiger partial charge in [-0.1, -0.05) is 13.3 Å². The molecule has 1 saturated heterocycles. The van der Waals surface area contributed by atoms with E-state index in [1.807, 2.05) is 13.8 Å². The molecule has 6 heteroatoms. The minimum Gasteiger partial charge on any atom is -0.444 e. The maximum absolute atomic E-state index is 5.72. The second-order valence-corrected chi connectivity index (χ2v) is 7.44. The van der Waals surface area contributed by atoms with Crippen molar-refractivity contribution in [2.45, 2.75) is 59.9 Å². The molecule has 0 spiro atoms. The summed E-state index contributed by atoms with van der Waals surface area (Å²) in [4.78, 5) is 14.1. The number of likely N-dealkylation sites (tertiary alicyclic amines) is 1. The van der Waals surface area contributed by atoms with Gasteiger partial charge in [0, 0.05) is 26.7 Å². The highest BCUT2D eigenvalue weighted by atomic mass is 16.4. The molecule has 1 aromatic heterocycles. The minimum atomic E-state index is 0.674. The Kier molecular flexibility index (Phi) is 8.42. The molecular weight excluding hydrogens is 326 g/mol. The zero-order valence-corrected chi connectivity index (χ0v) is 17.3. The molecule has 1 aromatic rings. The Balaban J connectivity index is 1.78. The molecule has 1 N–H and O–H groups in total. The highest BCUT2D eigenvalue weighted by Crippen LogP contribution is 2.20. The van der Waals surface area contributed by atoms with E-state index in [1.54, 1.807) is 0 Å². The third-order valence-electron chi connectivity index (χ3n) is 5.18. The zero-order valence-electron chi connectivity index (χ0n) is 17.3. The largest absolute Gasteiger partial charge is 0.444 e. The van der Waals surface area contributed by atoms with Gasteiger partial charge in [0.15, 0.2) is 5.96 Å². The van der Waals surface area contributed by atoms with Crippen LogP contribution in [0, 0.1) is 19.8 Å². The van der Waals surface area contributed by atoms with E-state index in [1.165, 1.54) is 25.7 Å². The summed E-state index contributed by atoms with van der Waals surface area (Å²) < 4.78 is 5.72. The lowest BCUT2D eigenvalue weighted by atomic mass is 9.97. The molecule has 0 atom stereocenters. The molecule has 0 bridgehead atoms.